The Kier molecular flexibility index (Phi) is 3.67. The largest absolute Gasteiger partial charge is 0.496 e. The third-order valence-electron chi connectivity index (χ3n) is 2.81. The van der Waals surface area contributed by atoms with E-state index in [9.17, 15) is 0 Å². The standard InChI is InChI=1S/C14H17N3O/c1-17(12-7-8-14(15)16-9-12)10-11-5-3-4-6-13(11)18-2/h3-9H,10H2,1-2H3,(H2,15,16). The molecule has 94 valence electrons. The molecule has 0 bridgehead atoms. The van der Waals surface area contributed by atoms with Gasteiger partial charge in [0, 0.05) is 19.2 Å². The number of nitrogen functional groups attached to an aromatic ring is 1. The zero-order valence-corrected chi connectivity index (χ0v) is 10.6. The normalized spacial score (nSPS) is 10.1. The Morgan fingerprint density at radius 1 is 1.22 bits per heavy atom. The highest BCUT2D eigenvalue weighted by atomic mass is 16.5. The summed E-state index contributed by atoms with van der Waals surface area (Å²) >= 11 is 0. The van der Waals surface area contributed by atoms with Gasteiger partial charge < -0.3 is 15.4 Å². The minimum Gasteiger partial charge on any atom is -0.496 e. The van der Waals surface area contributed by atoms with Crippen LogP contribution in [0.3, 0.4) is 0 Å². The van der Waals surface area contributed by atoms with Gasteiger partial charge in [-0.25, -0.2) is 4.98 Å². The topological polar surface area (TPSA) is 51.4 Å². The van der Waals surface area contributed by atoms with E-state index in [1.807, 2.05) is 31.3 Å². The lowest BCUT2D eigenvalue weighted by atomic mass is 10.2. The Bertz CT molecular complexity index is 511. The van der Waals surface area contributed by atoms with E-state index in [1.165, 1.54) is 0 Å². The summed E-state index contributed by atoms with van der Waals surface area (Å²) in [6, 6.07) is 11.7. The lowest BCUT2D eigenvalue weighted by Crippen LogP contribution is -2.17. The SMILES string of the molecule is COc1ccccc1CN(C)c1ccc(N)nc1. The molecule has 0 atom stereocenters. The van der Waals surface area contributed by atoms with Gasteiger partial charge in [-0.05, 0) is 18.2 Å². The van der Waals surface area contributed by atoms with Crippen LogP contribution >= 0.6 is 0 Å². The first-order valence-corrected chi connectivity index (χ1v) is 5.75. The Balaban J connectivity index is 2.15. The predicted molar refractivity (Wildman–Crippen MR) is 73.8 cm³/mol. The van der Waals surface area contributed by atoms with Gasteiger partial charge in [-0.3, -0.25) is 0 Å². The summed E-state index contributed by atoms with van der Waals surface area (Å²) in [6.45, 7) is 0.760. The van der Waals surface area contributed by atoms with Crippen molar-refractivity contribution in [1.82, 2.24) is 4.98 Å². The molecule has 0 aliphatic rings. The van der Waals surface area contributed by atoms with Crippen LogP contribution in [0.25, 0.3) is 0 Å². The van der Waals surface area contributed by atoms with Crippen molar-refractivity contribution in [2.24, 2.45) is 0 Å². The maximum Gasteiger partial charge on any atom is 0.123 e. The van der Waals surface area contributed by atoms with Crippen molar-refractivity contribution < 1.29 is 4.74 Å². The second kappa shape index (κ2) is 5.40. The first-order chi connectivity index (χ1) is 8.70. The highest BCUT2D eigenvalue weighted by Gasteiger charge is 2.06. The van der Waals surface area contributed by atoms with Gasteiger partial charge in [-0.1, -0.05) is 18.2 Å². The van der Waals surface area contributed by atoms with Crippen LogP contribution in [-0.4, -0.2) is 19.1 Å². The second-order valence-corrected chi connectivity index (χ2v) is 4.11. The number of ether oxygens (including phenoxy) is 1. The molecule has 0 unspecified atom stereocenters. The fourth-order valence-electron chi connectivity index (χ4n) is 1.80. The average Bonchev–Trinajstić information content (AvgIpc) is 2.40. The lowest BCUT2D eigenvalue weighted by Gasteiger charge is -2.20. The fraction of sp³-hybridized carbons (Fsp3) is 0.214. The number of anilines is 2. The number of hydrogen-bond donors (Lipinski definition) is 1. The van der Waals surface area contributed by atoms with Crippen LogP contribution in [-0.2, 0) is 6.54 Å². The smallest absolute Gasteiger partial charge is 0.123 e. The van der Waals surface area contributed by atoms with Crippen LogP contribution in [0.15, 0.2) is 42.6 Å². The fourth-order valence-corrected chi connectivity index (χ4v) is 1.80. The number of nitrogens with two attached hydrogens (primary N) is 1. The number of benzene rings is 1. The summed E-state index contributed by atoms with van der Waals surface area (Å²) in [5.74, 6) is 1.43. The number of hydrogen-bond acceptors (Lipinski definition) is 4. The number of methoxy groups -OCH3 is 1. The Morgan fingerprint density at radius 2 is 2.00 bits per heavy atom. The van der Waals surface area contributed by atoms with Crippen molar-refractivity contribution in [2.75, 3.05) is 24.8 Å². The Hall–Kier alpha value is -2.23. The number of pyridine rings is 1. The summed E-state index contributed by atoms with van der Waals surface area (Å²) in [6.07, 6.45) is 1.77. The molecule has 0 amide bonds. The number of nitrogens with zero attached hydrogens (tertiary/aromatic N) is 2. The van der Waals surface area contributed by atoms with E-state index in [0.717, 1.165) is 23.5 Å². The Labute approximate surface area is 107 Å². The highest BCUT2D eigenvalue weighted by Crippen LogP contribution is 2.21. The van der Waals surface area contributed by atoms with E-state index in [0.29, 0.717) is 5.82 Å². The molecule has 1 heterocycles. The minimum absolute atomic E-state index is 0.532. The van der Waals surface area contributed by atoms with E-state index in [-0.39, 0.29) is 0 Å². The summed E-state index contributed by atoms with van der Waals surface area (Å²) in [7, 11) is 3.70. The van der Waals surface area contributed by atoms with Gasteiger partial charge in [-0.15, -0.1) is 0 Å². The maximum absolute atomic E-state index is 5.58. The van der Waals surface area contributed by atoms with Crippen molar-refractivity contribution in [1.29, 1.82) is 0 Å². The zero-order valence-electron chi connectivity index (χ0n) is 10.6. The summed E-state index contributed by atoms with van der Waals surface area (Å²) in [5, 5.41) is 0. The van der Waals surface area contributed by atoms with Gasteiger partial charge in [0.05, 0.1) is 19.0 Å². The van der Waals surface area contributed by atoms with Gasteiger partial charge in [0.2, 0.25) is 0 Å². The van der Waals surface area contributed by atoms with Gasteiger partial charge >= 0.3 is 0 Å². The molecule has 18 heavy (non-hydrogen) atoms. The summed E-state index contributed by atoms with van der Waals surface area (Å²) in [5.41, 5.74) is 7.74. The van der Waals surface area contributed by atoms with Gasteiger partial charge in [0.15, 0.2) is 0 Å². The van der Waals surface area contributed by atoms with Gasteiger partial charge in [-0.2, -0.15) is 0 Å². The molecule has 2 N–H and O–H groups in total. The second-order valence-electron chi connectivity index (χ2n) is 4.11. The third-order valence-corrected chi connectivity index (χ3v) is 2.81. The molecule has 0 aliphatic heterocycles. The molecule has 0 fully saturated rings. The van der Waals surface area contributed by atoms with E-state index >= 15 is 0 Å². The molecule has 2 rings (SSSR count). The molecule has 0 saturated heterocycles. The van der Waals surface area contributed by atoms with Crippen molar-refractivity contribution in [3.63, 3.8) is 0 Å². The summed E-state index contributed by atoms with van der Waals surface area (Å²) in [4.78, 5) is 6.19. The van der Waals surface area contributed by atoms with Crippen molar-refractivity contribution >= 4 is 11.5 Å². The number of aromatic nitrogens is 1. The van der Waals surface area contributed by atoms with Crippen LogP contribution in [0.2, 0.25) is 0 Å². The predicted octanol–water partition coefficient (Wildman–Crippen LogP) is 2.31. The molecule has 0 spiro atoms. The van der Waals surface area contributed by atoms with E-state index in [1.54, 1.807) is 19.4 Å². The van der Waals surface area contributed by atoms with E-state index in [4.69, 9.17) is 10.5 Å². The quantitative estimate of drug-likeness (QED) is 0.895. The minimum atomic E-state index is 0.532. The number of rotatable bonds is 4. The average molecular weight is 243 g/mol. The van der Waals surface area contributed by atoms with Crippen molar-refractivity contribution in [3.8, 4) is 5.75 Å². The van der Waals surface area contributed by atoms with Crippen LogP contribution in [0.5, 0.6) is 5.75 Å². The third kappa shape index (κ3) is 2.71. The van der Waals surface area contributed by atoms with Crippen molar-refractivity contribution in [2.45, 2.75) is 6.54 Å². The lowest BCUT2D eigenvalue weighted by molar-refractivity contribution is 0.409. The molecule has 4 nitrogen and oxygen atoms in total. The monoisotopic (exact) mass is 243 g/mol. The van der Waals surface area contributed by atoms with Gasteiger partial charge in [0.25, 0.3) is 0 Å². The summed E-state index contributed by atoms with van der Waals surface area (Å²) < 4.78 is 5.34. The molecular formula is C14H17N3O. The number of para-hydroxylation sites is 1. The molecule has 4 heteroatoms. The molecule has 0 aliphatic carbocycles. The molecule has 1 aromatic carbocycles. The van der Waals surface area contributed by atoms with Crippen LogP contribution in [0, 0.1) is 0 Å². The molecular weight excluding hydrogens is 226 g/mol. The van der Waals surface area contributed by atoms with Crippen molar-refractivity contribution in [3.05, 3.63) is 48.2 Å². The van der Waals surface area contributed by atoms with E-state index < -0.39 is 0 Å². The zero-order chi connectivity index (χ0) is 13.0. The Morgan fingerprint density at radius 3 is 2.67 bits per heavy atom. The molecule has 2 aromatic rings. The van der Waals surface area contributed by atoms with Crippen LogP contribution in [0.1, 0.15) is 5.56 Å². The highest BCUT2D eigenvalue weighted by molar-refractivity contribution is 5.48. The van der Waals surface area contributed by atoms with Crippen LogP contribution < -0.4 is 15.4 Å². The maximum atomic E-state index is 5.58. The first-order valence-electron chi connectivity index (χ1n) is 5.75. The first kappa shape index (κ1) is 12.2. The van der Waals surface area contributed by atoms with Gasteiger partial charge in [0.1, 0.15) is 11.6 Å². The van der Waals surface area contributed by atoms with Crippen LogP contribution in [0.4, 0.5) is 11.5 Å². The van der Waals surface area contributed by atoms with E-state index in [2.05, 4.69) is 16.0 Å². The molecule has 1 aromatic heterocycles. The molecule has 0 saturated carbocycles. The molecule has 0 radical (unpaired) electrons.